The molecule has 1 aromatic carbocycles. The molecule has 3 rings (SSSR count). The molecule has 2 heterocycles. The van der Waals surface area contributed by atoms with E-state index in [0.717, 1.165) is 64.9 Å². The number of hydrogen-bond acceptors (Lipinski definition) is 3. The van der Waals surface area contributed by atoms with Crippen molar-refractivity contribution in [3.05, 3.63) is 36.5 Å². The number of aliphatic imine (C=N–C) groups is 1. The van der Waals surface area contributed by atoms with E-state index in [0.29, 0.717) is 6.04 Å². The zero-order valence-corrected chi connectivity index (χ0v) is 16.7. The van der Waals surface area contributed by atoms with Gasteiger partial charge in [0.2, 0.25) is 0 Å². The maximum absolute atomic E-state index is 5.43. The van der Waals surface area contributed by atoms with E-state index < -0.39 is 0 Å². The van der Waals surface area contributed by atoms with Gasteiger partial charge in [-0.05, 0) is 37.8 Å². The van der Waals surface area contributed by atoms with Crippen molar-refractivity contribution in [1.29, 1.82) is 0 Å². The third-order valence-corrected chi connectivity index (χ3v) is 5.08. The third-order valence-electron chi connectivity index (χ3n) is 5.08. The van der Waals surface area contributed by atoms with Crippen LogP contribution in [-0.2, 0) is 11.3 Å². The van der Waals surface area contributed by atoms with E-state index in [1.54, 1.807) is 0 Å². The van der Waals surface area contributed by atoms with E-state index in [2.05, 4.69) is 70.5 Å². The van der Waals surface area contributed by atoms with Gasteiger partial charge in [-0.15, -0.1) is 0 Å². The Bertz CT molecular complexity index is 720. The van der Waals surface area contributed by atoms with Gasteiger partial charge in [0.1, 0.15) is 0 Å². The third kappa shape index (κ3) is 5.71. The summed E-state index contributed by atoms with van der Waals surface area (Å²) in [5.74, 6) is 0.912. The van der Waals surface area contributed by atoms with Crippen LogP contribution in [0.4, 0.5) is 0 Å². The highest BCUT2D eigenvalue weighted by molar-refractivity contribution is 5.80. The van der Waals surface area contributed by atoms with Crippen molar-refractivity contribution in [3.8, 4) is 0 Å². The van der Waals surface area contributed by atoms with Gasteiger partial charge in [-0.1, -0.05) is 18.2 Å². The number of para-hydroxylation sites is 1. The van der Waals surface area contributed by atoms with Crippen molar-refractivity contribution in [2.75, 3.05) is 45.9 Å². The molecular formula is C21H33N5O. The summed E-state index contributed by atoms with van der Waals surface area (Å²) in [4.78, 5) is 7.23. The lowest BCUT2D eigenvalue weighted by atomic mass is 10.2. The maximum Gasteiger partial charge on any atom is 0.191 e. The van der Waals surface area contributed by atoms with Crippen molar-refractivity contribution < 1.29 is 4.74 Å². The molecule has 0 bridgehead atoms. The van der Waals surface area contributed by atoms with Crippen LogP contribution >= 0.6 is 0 Å². The molecule has 6 nitrogen and oxygen atoms in total. The van der Waals surface area contributed by atoms with Gasteiger partial charge in [-0.3, -0.25) is 9.89 Å². The highest BCUT2D eigenvalue weighted by Crippen LogP contribution is 2.15. The standard InChI is InChI=1S/C21H33N5O/c1-3-22-21(24-17-18(2)25-13-15-27-16-14-25)23-10-6-11-26-12-9-19-7-4-5-8-20(19)26/h4-5,7-9,12,18H,3,6,10-11,13-17H2,1-2H3,(H2,22,23,24). The summed E-state index contributed by atoms with van der Waals surface area (Å²) in [6, 6.07) is 11.2. The van der Waals surface area contributed by atoms with Gasteiger partial charge in [-0.2, -0.15) is 0 Å². The fourth-order valence-electron chi connectivity index (χ4n) is 3.49. The number of ether oxygens (including phenoxy) is 1. The highest BCUT2D eigenvalue weighted by atomic mass is 16.5. The van der Waals surface area contributed by atoms with E-state index in [1.165, 1.54) is 10.9 Å². The molecule has 1 atom stereocenters. The Morgan fingerprint density at radius 2 is 2.00 bits per heavy atom. The van der Waals surface area contributed by atoms with Gasteiger partial charge in [-0.25, -0.2) is 0 Å². The Kier molecular flexibility index (Phi) is 7.54. The number of nitrogens with zero attached hydrogens (tertiary/aromatic N) is 3. The first kappa shape index (κ1) is 19.7. The first-order valence-corrected chi connectivity index (χ1v) is 10.2. The van der Waals surface area contributed by atoms with Crippen molar-refractivity contribution in [3.63, 3.8) is 0 Å². The quantitative estimate of drug-likeness (QED) is 0.425. The van der Waals surface area contributed by atoms with E-state index in [1.807, 2.05) is 0 Å². The topological polar surface area (TPSA) is 53.8 Å². The molecule has 148 valence electrons. The summed E-state index contributed by atoms with van der Waals surface area (Å²) in [6.45, 7) is 11.6. The van der Waals surface area contributed by atoms with Gasteiger partial charge < -0.3 is 19.9 Å². The molecule has 2 aromatic rings. The molecule has 1 fully saturated rings. The Balaban J connectivity index is 1.44. The number of rotatable bonds is 8. The molecule has 1 saturated heterocycles. The fourth-order valence-corrected chi connectivity index (χ4v) is 3.49. The first-order valence-electron chi connectivity index (χ1n) is 10.2. The molecule has 1 aliphatic rings. The Hall–Kier alpha value is -2.05. The Morgan fingerprint density at radius 3 is 2.81 bits per heavy atom. The number of benzene rings is 1. The minimum atomic E-state index is 0.440. The number of aryl methyl sites for hydroxylation is 1. The van der Waals surface area contributed by atoms with Crippen LogP contribution in [0.25, 0.3) is 10.9 Å². The predicted molar refractivity (Wildman–Crippen MR) is 112 cm³/mol. The fraction of sp³-hybridized carbons (Fsp3) is 0.571. The number of aromatic nitrogens is 1. The normalized spacial score (nSPS) is 17.2. The molecule has 0 aliphatic carbocycles. The second-order valence-electron chi connectivity index (χ2n) is 7.07. The molecule has 27 heavy (non-hydrogen) atoms. The van der Waals surface area contributed by atoms with E-state index in [4.69, 9.17) is 9.73 Å². The molecule has 1 aromatic heterocycles. The number of guanidine groups is 1. The van der Waals surface area contributed by atoms with Gasteiger partial charge in [0.05, 0.1) is 19.8 Å². The van der Waals surface area contributed by atoms with Gasteiger partial charge in [0.25, 0.3) is 0 Å². The zero-order valence-electron chi connectivity index (χ0n) is 16.7. The summed E-state index contributed by atoms with van der Waals surface area (Å²) >= 11 is 0. The summed E-state index contributed by atoms with van der Waals surface area (Å²) in [7, 11) is 0. The van der Waals surface area contributed by atoms with Crippen LogP contribution in [0.5, 0.6) is 0 Å². The summed E-state index contributed by atoms with van der Waals surface area (Å²) in [5, 5.41) is 8.13. The number of morpholine rings is 1. The Labute approximate surface area is 162 Å². The summed E-state index contributed by atoms with van der Waals surface area (Å²) in [6.07, 6.45) is 3.23. The second-order valence-corrected chi connectivity index (χ2v) is 7.07. The molecular weight excluding hydrogens is 338 g/mol. The van der Waals surface area contributed by atoms with Gasteiger partial charge >= 0.3 is 0 Å². The number of fused-ring (bicyclic) bond motifs is 1. The van der Waals surface area contributed by atoms with Crippen molar-refractivity contribution in [1.82, 2.24) is 20.1 Å². The van der Waals surface area contributed by atoms with Crippen LogP contribution in [0.2, 0.25) is 0 Å². The number of nitrogens with one attached hydrogen (secondary N) is 2. The van der Waals surface area contributed by atoms with Gasteiger partial charge in [0, 0.05) is 50.5 Å². The van der Waals surface area contributed by atoms with Crippen LogP contribution in [0.3, 0.4) is 0 Å². The molecule has 0 amide bonds. The summed E-state index contributed by atoms with van der Waals surface area (Å²) < 4.78 is 7.75. The maximum atomic E-state index is 5.43. The minimum Gasteiger partial charge on any atom is -0.379 e. The summed E-state index contributed by atoms with van der Waals surface area (Å²) in [5.41, 5.74) is 1.30. The zero-order chi connectivity index (χ0) is 18.9. The lowest BCUT2D eigenvalue weighted by molar-refractivity contribution is 0.0220. The first-order chi connectivity index (χ1) is 13.3. The average molecular weight is 372 g/mol. The van der Waals surface area contributed by atoms with E-state index in [9.17, 15) is 0 Å². The van der Waals surface area contributed by atoms with Crippen LogP contribution in [0.1, 0.15) is 20.3 Å². The van der Waals surface area contributed by atoms with Gasteiger partial charge in [0.15, 0.2) is 5.96 Å². The SMILES string of the molecule is CCNC(=NCC(C)N1CCOCC1)NCCCn1ccc2ccccc21. The van der Waals surface area contributed by atoms with Crippen molar-refractivity contribution in [2.24, 2.45) is 4.99 Å². The average Bonchev–Trinajstić information content (AvgIpc) is 3.13. The molecule has 0 saturated carbocycles. The van der Waals surface area contributed by atoms with Crippen molar-refractivity contribution in [2.45, 2.75) is 32.9 Å². The van der Waals surface area contributed by atoms with Crippen LogP contribution in [0, 0.1) is 0 Å². The lowest BCUT2D eigenvalue weighted by Crippen LogP contribution is -2.44. The Morgan fingerprint density at radius 1 is 1.19 bits per heavy atom. The van der Waals surface area contributed by atoms with E-state index >= 15 is 0 Å². The molecule has 0 radical (unpaired) electrons. The molecule has 2 N–H and O–H groups in total. The second kappa shape index (κ2) is 10.3. The molecule has 6 heteroatoms. The minimum absolute atomic E-state index is 0.440. The highest BCUT2D eigenvalue weighted by Gasteiger charge is 2.16. The van der Waals surface area contributed by atoms with Crippen molar-refractivity contribution >= 4 is 16.9 Å². The van der Waals surface area contributed by atoms with Crippen LogP contribution < -0.4 is 10.6 Å². The lowest BCUT2D eigenvalue weighted by Gasteiger charge is -2.31. The predicted octanol–water partition coefficient (Wildman–Crippen LogP) is 2.31. The van der Waals surface area contributed by atoms with E-state index in [-0.39, 0.29) is 0 Å². The van der Waals surface area contributed by atoms with Crippen LogP contribution in [0.15, 0.2) is 41.5 Å². The smallest absolute Gasteiger partial charge is 0.191 e. The number of hydrogen-bond donors (Lipinski definition) is 2. The monoisotopic (exact) mass is 371 g/mol. The molecule has 0 spiro atoms. The molecule has 1 unspecified atom stereocenters. The van der Waals surface area contributed by atoms with Crippen LogP contribution in [-0.4, -0.2) is 67.4 Å². The largest absolute Gasteiger partial charge is 0.379 e. The molecule has 1 aliphatic heterocycles.